The Morgan fingerprint density at radius 2 is 2.41 bits per heavy atom. The number of amides is 2. The summed E-state index contributed by atoms with van der Waals surface area (Å²) >= 11 is 1.68. The number of carbonyl (C=O) groups excluding carboxylic acids is 1. The lowest BCUT2D eigenvalue weighted by atomic mass is 9.97. The normalized spacial score (nSPS) is 18.5. The van der Waals surface area contributed by atoms with Gasteiger partial charge in [-0.05, 0) is 36.8 Å². The quantitative estimate of drug-likeness (QED) is 0.944. The van der Waals surface area contributed by atoms with Gasteiger partial charge in [-0.25, -0.2) is 4.79 Å². The molecule has 0 radical (unpaired) electrons. The number of likely N-dealkylation sites (tertiary alicyclic amines) is 1. The molecular weight excluding hydrogens is 298 g/mol. The van der Waals surface area contributed by atoms with Crippen LogP contribution < -0.4 is 5.32 Å². The first-order chi connectivity index (χ1) is 10.6. The maximum atomic E-state index is 12.4. The van der Waals surface area contributed by atoms with E-state index in [0.717, 1.165) is 25.2 Å². The van der Waals surface area contributed by atoms with Crippen LogP contribution in [0.25, 0.3) is 0 Å². The van der Waals surface area contributed by atoms with E-state index in [4.69, 9.17) is 0 Å². The average Bonchev–Trinajstić information content (AvgIpc) is 3.13. The summed E-state index contributed by atoms with van der Waals surface area (Å²) in [6.45, 7) is 4.20. The summed E-state index contributed by atoms with van der Waals surface area (Å²) in [4.78, 5) is 15.5. The molecule has 1 unspecified atom stereocenters. The zero-order valence-electron chi connectivity index (χ0n) is 13.0. The monoisotopic (exact) mass is 319 g/mol. The SMILES string of the molecule is Cc1ccsc1CNC(=O)N1CCCC(c2nncn2C)C1. The summed E-state index contributed by atoms with van der Waals surface area (Å²) in [5.74, 6) is 1.24. The van der Waals surface area contributed by atoms with Crippen molar-refractivity contribution < 1.29 is 4.79 Å². The Labute approximate surface area is 134 Å². The Morgan fingerprint density at radius 3 is 3.09 bits per heavy atom. The molecule has 2 aromatic rings. The second kappa shape index (κ2) is 6.48. The van der Waals surface area contributed by atoms with E-state index in [1.807, 2.05) is 16.5 Å². The van der Waals surface area contributed by atoms with Crippen LogP contribution in [0.15, 0.2) is 17.8 Å². The third-order valence-electron chi connectivity index (χ3n) is 4.19. The molecule has 2 aromatic heterocycles. The topological polar surface area (TPSA) is 63.1 Å². The number of nitrogens with zero attached hydrogens (tertiary/aromatic N) is 4. The van der Waals surface area contributed by atoms with Gasteiger partial charge in [0.15, 0.2) is 0 Å². The molecule has 22 heavy (non-hydrogen) atoms. The molecule has 2 amide bonds. The minimum atomic E-state index is 0.0136. The first-order valence-electron chi connectivity index (χ1n) is 7.55. The number of aryl methyl sites for hydroxylation is 2. The van der Waals surface area contributed by atoms with Gasteiger partial charge in [0.1, 0.15) is 12.2 Å². The second-order valence-electron chi connectivity index (χ2n) is 5.77. The standard InChI is InChI=1S/C15H21N5OS/c1-11-5-7-22-13(11)8-16-15(21)20-6-3-4-12(9-20)14-18-17-10-19(14)2/h5,7,10,12H,3-4,6,8-9H2,1-2H3,(H,16,21). The van der Waals surface area contributed by atoms with Crippen molar-refractivity contribution in [3.8, 4) is 0 Å². The highest BCUT2D eigenvalue weighted by Crippen LogP contribution is 2.25. The number of aromatic nitrogens is 3. The largest absolute Gasteiger partial charge is 0.333 e. The summed E-state index contributed by atoms with van der Waals surface area (Å²) in [6.07, 6.45) is 3.78. The zero-order valence-corrected chi connectivity index (χ0v) is 13.8. The average molecular weight is 319 g/mol. The molecule has 3 rings (SSSR count). The van der Waals surface area contributed by atoms with Gasteiger partial charge in [0.2, 0.25) is 0 Å². The van der Waals surface area contributed by atoms with Crippen molar-refractivity contribution in [3.05, 3.63) is 34.0 Å². The first kappa shape index (κ1) is 15.0. The van der Waals surface area contributed by atoms with Gasteiger partial charge in [-0.3, -0.25) is 0 Å². The van der Waals surface area contributed by atoms with Crippen LogP contribution in [0.4, 0.5) is 4.79 Å². The number of piperidine rings is 1. The smallest absolute Gasteiger partial charge is 0.317 e. The predicted octanol–water partition coefficient (Wildman–Crippen LogP) is 2.27. The summed E-state index contributed by atoms with van der Waals surface area (Å²) in [6, 6.07) is 2.09. The van der Waals surface area contributed by atoms with Crippen LogP contribution in [-0.4, -0.2) is 38.8 Å². The molecule has 0 aliphatic carbocycles. The fourth-order valence-electron chi connectivity index (χ4n) is 2.89. The highest BCUT2D eigenvalue weighted by molar-refractivity contribution is 7.10. The van der Waals surface area contributed by atoms with Gasteiger partial charge in [-0.2, -0.15) is 0 Å². The van der Waals surface area contributed by atoms with Crippen LogP contribution in [-0.2, 0) is 13.6 Å². The zero-order chi connectivity index (χ0) is 15.5. The number of hydrogen-bond donors (Lipinski definition) is 1. The Morgan fingerprint density at radius 1 is 1.55 bits per heavy atom. The molecule has 1 N–H and O–H groups in total. The molecule has 118 valence electrons. The molecule has 7 heteroatoms. The Balaban J connectivity index is 1.58. The van der Waals surface area contributed by atoms with Gasteiger partial charge < -0.3 is 14.8 Å². The summed E-state index contributed by atoms with van der Waals surface area (Å²) < 4.78 is 1.95. The molecule has 0 aromatic carbocycles. The molecule has 1 fully saturated rings. The fourth-order valence-corrected chi connectivity index (χ4v) is 3.73. The summed E-state index contributed by atoms with van der Waals surface area (Å²) in [5.41, 5.74) is 1.24. The van der Waals surface area contributed by atoms with Crippen molar-refractivity contribution in [2.75, 3.05) is 13.1 Å². The maximum absolute atomic E-state index is 12.4. The lowest BCUT2D eigenvalue weighted by Crippen LogP contribution is -2.45. The Bertz CT molecular complexity index is 650. The third-order valence-corrected chi connectivity index (χ3v) is 5.21. The molecule has 1 saturated heterocycles. The summed E-state index contributed by atoms with van der Waals surface area (Å²) in [7, 11) is 1.95. The van der Waals surface area contributed by atoms with Crippen LogP contribution in [0.3, 0.4) is 0 Å². The first-order valence-corrected chi connectivity index (χ1v) is 8.42. The Hall–Kier alpha value is -1.89. The molecule has 0 spiro atoms. The van der Waals surface area contributed by atoms with E-state index in [2.05, 4.69) is 33.9 Å². The number of carbonyl (C=O) groups is 1. The van der Waals surface area contributed by atoms with Gasteiger partial charge in [-0.1, -0.05) is 0 Å². The van der Waals surface area contributed by atoms with Crippen molar-refractivity contribution in [1.82, 2.24) is 25.0 Å². The van der Waals surface area contributed by atoms with Gasteiger partial charge in [0, 0.05) is 30.9 Å². The number of hydrogen-bond acceptors (Lipinski definition) is 4. The summed E-state index contributed by atoms with van der Waals surface area (Å²) in [5, 5.41) is 13.2. The van der Waals surface area contributed by atoms with Crippen LogP contribution in [0.1, 0.15) is 35.0 Å². The van der Waals surface area contributed by atoms with Crippen LogP contribution in [0.5, 0.6) is 0 Å². The van der Waals surface area contributed by atoms with Gasteiger partial charge >= 0.3 is 6.03 Å². The van der Waals surface area contributed by atoms with Gasteiger partial charge in [0.05, 0.1) is 6.54 Å². The van der Waals surface area contributed by atoms with Crippen molar-refractivity contribution >= 4 is 17.4 Å². The predicted molar refractivity (Wildman–Crippen MR) is 85.8 cm³/mol. The number of urea groups is 1. The van der Waals surface area contributed by atoms with E-state index < -0.39 is 0 Å². The van der Waals surface area contributed by atoms with Crippen molar-refractivity contribution in [2.24, 2.45) is 7.05 Å². The molecule has 1 aliphatic heterocycles. The lowest BCUT2D eigenvalue weighted by molar-refractivity contribution is 0.177. The fraction of sp³-hybridized carbons (Fsp3) is 0.533. The van der Waals surface area contributed by atoms with E-state index >= 15 is 0 Å². The minimum Gasteiger partial charge on any atom is -0.333 e. The third kappa shape index (κ3) is 3.14. The molecule has 0 saturated carbocycles. The number of thiophene rings is 1. The van der Waals surface area contributed by atoms with E-state index in [-0.39, 0.29) is 11.9 Å². The Kier molecular flexibility index (Phi) is 4.42. The second-order valence-corrected chi connectivity index (χ2v) is 6.77. The van der Waals surface area contributed by atoms with Crippen molar-refractivity contribution in [1.29, 1.82) is 0 Å². The number of nitrogens with one attached hydrogen (secondary N) is 1. The van der Waals surface area contributed by atoms with E-state index in [0.29, 0.717) is 13.1 Å². The lowest BCUT2D eigenvalue weighted by Gasteiger charge is -2.32. The van der Waals surface area contributed by atoms with Crippen LogP contribution in [0, 0.1) is 6.92 Å². The van der Waals surface area contributed by atoms with E-state index in [1.54, 1.807) is 17.7 Å². The minimum absolute atomic E-state index is 0.0136. The van der Waals surface area contributed by atoms with E-state index in [9.17, 15) is 4.79 Å². The highest BCUT2D eigenvalue weighted by atomic mass is 32.1. The molecule has 1 aliphatic rings. The highest BCUT2D eigenvalue weighted by Gasteiger charge is 2.27. The van der Waals surface area contributed by atoms with Gasteiger partial charge in [-0.15, -0.1) is 21.5 Å². The molecular formula is C15H21N5OS. The van der Waals surface area contributed by atoms with Crippen molar-refractivity contribution in [3.63, 3.8) is 0 Å². The molecule has 3 heterocycles. The van der Waals surface area contributed by atoms with Crippen LogP contribution in [0.2, 0.25) is 0 Å². The maximum Gasteiger partial charge on any atom is 0.317 e. The molecule has 6 nitrogen and oxygen atoms in total. The number of rotatable bonds is 3. The van der Waals surface area contributed by atoms with Crippen molar-refractivity contribution in [2.45, 2.75) is 32.2 Å². The molecule has 0 bridgehead atoms. The molecule has 1 atom stereocenters. The van der Waals surface area contributed by atoms with Crippen LogP contribution >= 0.6 is 11.3 Å². The van der Waals surface area contributed by atoms with Gasteiger partial charge in [0.25, 0.3) is 0 Å². The van der Waals surface area contributed by atoms with E-state index in [1.165, 1.54) is 10.4 Å².